The molecule has 1 unspecified atom stereocenters. The minimum absolute atomic E-state index is 0.0165. The molecule has 9 heteroatoms. The number of rotatable bonds is 7. The molecule has 0 heterocycles. The molecule has 2 N–H and O–H groups in total. The number of hydrogen-bond acceptors (Lipinski definition) is 5. The zero-order chi connectivity index (χ0) is 23.6. The summed E-state index contributed by atoms with van der Waals surface area (Å²) in [6, 6.07) is 19.2. The number of fused-ring (bicyclic) bond motifs is 1. The quantitative estimate of drug-likeness (QED) is 0.461. The van der Waals surface area contributed by atoms with Crippen LogP contribution in [0.3, 0.4) is 0 Å². The summed E-state index contributed by atoms with van der Waals surface area (Å²) >= 11 is -1.25. The van der Waals surface area contributed by atoms with Gasteiger partial charge in [-0.1, -0.05) is 0 Å². The van der Waals surface area contributed by atoms with Crippen molar-refractivity contribution in [3.8, 4) is 6.07 Å². The molecule has 0 aromatic heterocycles. The fourth-order valence-electron chi connectivity index (χ4n) is 3.78. The fourth-order valence-corrected chi connectivity index (χ4v) is 7.00. The van der Waals surface area contributed by atoms with Crippen molar-refractivity contribution in [3.05, 3.63) is 94.5 Å². The fraction of sp³-hybridized carbons (Fsp3) is 0.125. The number of benzene rings is 3. The van der Waals surface area contributed by atoms with Gasteiger partial charge in [0.25, 0.3) is 0 Å². The number of aryl methyl sites for hydroxylation is 1. The van der Waals surface area contributed by atoms with Crippen LogP contribution in [0.5, 0.6) is 0 Å². The van der Waals surface area contributed by atoms with Crippen molar-refractivity contribution in [3.63, 3.8) is 0 Å². The van der Waals surface area contributed by atoms with Gasteiger partial charge >= 0.3 is 198 Å². The van der Waals surface area contributed by atoms with Crippen LogP contribution in [0.1, 0.15) is 49.9 Å². The molecule has 33 heavy (non-hydrogen) atoms. The second-order valence-corrected chi connectivity index (χ2v) is 11.6. The molecule has 165 valence electrons. The Morgan fingerprint density at radius 1 is 1.06 bits per heavy atom. The van der Waals surface area contributed by atoms with Crippen molar-refractivity contribution >= 4 is 40.7 Å². The van der Waals surface area contributed by atoms with Crippen LogP contribution in [0.25, 0.3) is 0 Å². The Kier molecular flexibility index (Phi) is 6.48. The van der Waals surface area contributed by atoms with Gasteiger partial charge in [0.15, 0.2) is 0 Å². The van der Waals surface area contributed by atoms with Gasteiger partial charge < -0.3 is 0 Å². The average molecular weight is 521 g/mol. The Labute approximate surface area is 197 Å². The zero-order valence-corrected chi connectivity index (χ0v) is 19.9. The number of carbonyl (C=O) groups excluding carboxylic acids is 1. The van der Waals surface area contributed by atoms with Gasteiger partial charge in [0.2, 0.25) is 0 Å². The van der Waals surface area contributed by atoms with E-state index in [9.17, 15) is 23.1 Å². The van der Waals surface area contributed by atoms with Crippen molar-refractivity contribution in [1.82, 2.24) is 4.72 Å². The summed E-state index contributed by atoms with van der Waals surface area (Å²) in [5.74, 6) is -1.22. The van der Waals surface area contributed by atoms with Crippen molar-refractivity contribution < 1.29 is 23.1 Å². The van der Waals surface area contributed by atoms with E-state index in [1.165, 1.54) is 42.5 Å². The first-order valence-corrected chi connectivity index (χ1v) is 13.4. The Balaban J connectivity index is 1.56. The third kappa shape index (κ3) is 4.91. The molecule has 3 aromatic carbocycles. The van der Waals surface area contributed by atoms with Crippen molar-refractivity contribution in [2.24, 2.45) is 0 Å². The molecule has 0 aliphatic heterocycles. The van der Waals surface area contributed by atoms with Crippen LogP contribution < -0.4 is 9.07 Å². The average Bonchev–Trinajstić information content (AvgIpc) is 3.21. The number of aromatic carboxylic acids is 1. The topological polar surface area (TPSA) is 124 Å². The van der Waals surface area contributed by atoms with E-state index in [0.29, 0.717) is 10.8 Å². The maximum atomic E-state index is 13.0. The molecule has 1 aliphatic rings. The molecule has 1 aliphatic carbocycles. The first-order valence-electron chi connectivity index (χ1n) is 10.0. The summed E-state index contributed by atoms with van der Waals surface area (Å²) in [4.78, 5) is 24.4. The monoisotopic (exact) mass is 521 g/mol. The normalized spacial score (nSPS) is 15.3. The molecule has 4 rings (SSSR count). The molecule has 0 spiro atoms. The number of nitriles is 1. The summed E-state index contributed by atoms with van der Waals surface area (Å²) in [5, 5.41) is 18.4. The van der Waals surface area contributed by atoms with E-state index in [-0.39, 0.29) is 32.2 Å². The molecule has 0 saturated heterocycles. The van der Waals surface area contributed by atoms with Crippen LogP contribution >= 0.6 is 0 Å². The molecule has 0 saturated carbocycles. The zero-order valence-electron chi connectivity index (χ0n) is 17.2. The number of nitrogens with one attached hydrogen (secondary N) is 1. The van der Waals surface area contributed by atoms with Crippen molar-refractivity contribution in [2.75, 3.05) is 0 Å². The van der Waals surface area contributed by atoms with Gasteiger partial charge in [0.1, 0.15) is 0 Å². The van der Waals surface area contributed by atoms with E-state index in [2.05, 4.69) is 4.72 Å². The molecule has 7 nitrogen and oxygen atoms in total. The predicted molar refractivity (Wildman–Crippen MR) is 122 cm³/mol. The van der Waals surface area contributed by atoms with Crippen LogP contribution in [-0.2, 0) is 16.4 Å². The van der Waals surface area contributed by atoms with E-state index in [0.717, 1.165) is 17.5 Å². The van der Waals surface area contributed by atoms with E-state index < -0.39 is 31.7 Å². The van der Waals surface area contributed by atoms with Gasteiger partial charge in [-0.25, -0.2) is 0 Å². The molecule has 0 fully saturated rings. The molecule has 1 atom stereocenters. The Morgan fingerprint density at radius 2 is 1.85 bits per heavy atom. The van der Waals surface area contributed by atoms with Crippen molar-refractivity contribution in [2.45, 2.75) is 23.8 Å². The number of hydrogen-bond donors (Lipinski definition) is 2. The van der Waals surface area contributed by atoms with Gasteiger partial charge in [0.05, 0.1) is 0 Å². The third-order valence-corrected chi connectivity index (χ3v) is 9.16. The molecule has 0 amide bonds. The number of carboxylic acids is 1. The first-order chi connectivity index (χ1) is 15.8. The standard InChI is InChI=1S/C24H18AsN2O5S/c26-14-15-8-10-21(20(12-15)24(29)30)25-23(28)17-5-3-6-18(13-17)33(31,32)27-22-11-9-16-4-1-2-7-19(16)22/h1-8,10,12-13,22,27H,9,11H2,(H,29,30). The maximum absolute atomic E-state index is 13.0. The van der Waals surface area contributed by atoms with Gasteiger partial charge in [-0.15, -0.1) is 0 Å². The summed E-state index contributed by atoms with van der Waals surface area (Å²) in [6.45, 7) is 0. The molecular weight excluding hydrogens is 503 g/mol. The summed E-state index contributed by atoms with van der Waals surface area (Å²) in [5.41, 5.74) is 2.38. The Bertz CT molecular complexity index is 1410. The van der Waals surface area contributed by atoms with Crippen LogP contribution in [0, 0.1) is 11.3 Å². The van der Waals surface area contributed by atoms with E-state index in [1.54, 1.807) is 0 Å². The van der Waals surface area contributed by atoms with Crippen molar-refractivity contribution in [1.29, 1.82) is 5.26 Å². The SMILES string of the molecule is N#Cc1ccc([As]C(=O)c2cccc(S(=O)(=O)NC3CCc4ccccc43)c2)c(C(=O)O)c1. The number of nitrogens with zero attached hydrogens (tertiary/aromatic N) is 1. The predicted octanol–water partition coefficient (Wildman–Crippen LogP) is 2.39. The first kappa shape index (κ1) is 22.9. The van der Waals surface area contributed by atoms with E-state index in [1.807, 2.05) is 30.3 Å². The number of carbonyl (C=O) groups is 2. The van der Waals surface area contributed by atoms with Crippen LogP contribution in [0.2, 0.25) is 0 Å². The third-order valence-electron chi connectivity index (χ3n) is 5.40. The minimum atomic E-state index is -3.87. The molecule has 3 aromatic rings. The van der Waals surface area contributed by atoms with Gasteiger partial charge in [-0.05, 0) is 0 Å². The van der Waals surface area contributed by atoms with Gasteiger partial charge in [-0.3, -0.25) is 0 Å². The van der Waals surface area contributed by atoms with Gasteiger partial charge in [-0.2, -0.15) is 0 Å². The number of sulfonamides is 1. The van der Waals surface area contributed by atoms with Crippen LogP contribution in [0.4, 0.5) is 0 Å². The van der Waals surface area contributed by atoms with Gasteiger partial charge in [0, 0.05) is 0 Å². The van der Waals surface area contributed by atoms with Crippen LogP contribution in [0.15, 0.2) is 71.6 Å². The van der Waals surface area contributed by atoms with Crippen LogP contribution in [-0.4, -0.2) is 39.8 Å². The Morgan fingerprint density at radius 3 is 2.61 bits per heavy atom. The second kappa shape index (κ2) is 9.32. The second-order valence-electron chi connectivity index (χ2n) is 7.51. The van der Waals surface area contributed by atoms with E-state index in [4.69, 9.17) is 5.26 Å². The molecular formula is C24H18AsN2O5S. The number of carboxylic acid groups (broad SMARTS) is 1. The Hall–Kier alpha value is -3.24. The van der Waals surface area contributed by atoms with E-state index >= 15 is 0 Å². The molecule has 0 bridgehead atoms. The molecule has 1 radical (unpaired) electrons. The summed E-state index contributed by atoms with van der Waals surface area (Å²) in [6.07, 6.45) is 1.46. The summed E-state index contributed by atoms with van der Waals surface area (Å²) < 4.78 is 28.8. The summed E-state index contributed by atoms with van der Waals surface area (Å²) in [7, 11) is -3.87.